The van der Waals surface area contributed by atoms with Gasteiger partial charge in [-0.25, -0.2) is 9.97 Å². The molecule has 0 bridgehead atoms. The number of piperazine rings is 1. The quantitative estimate of drug-likeness (QED) is 0.679. The third kappa shape index (κ3) is 4.54. The van der Waals surface area contributed by atoms with Crippen LogP contribution in [-0.2, 0) is 4.79 Å². The average Bonchev–Trinajstić information content (AvgIpc) is 3.24. The number of rotatable bonds is 5. The Kier molecular flexibility index (Phi) is 5.72. The number of nitrogens with one attached hydrogen (secondary N) is 1. The summed E-state index contributed by atoms with van der Waals surface area (Å²) in [6, 6.07) is 5.74. The normalized spacial score (nSPS) is 14.8. The van der Waals surface area contributed by atoms with E-state index in [1.807, 2.05) is 25.1 Å². The smallest absolute Gasteiger partial charge is 0.240 e. The number of aromatic nitrogens is 5. The standard InChI is InChI=1S/C19H22N8OS/c1-13-14(2)22-17(15-5-3-4-6-20-15)24-18(13)27-9-7-26(8-10-27)11-16(28)23-19-25-21-12-29-19/h3-6,12H,7-11H2,1-2H3,(H,23,25,28). The lowest BCUT2D eigenvalue weighted by Crippen LogP contribution is -2.49. The second kappa shape index (κ2) is 8.58. The van der Waals surface area contributed by atoms with Gasteiger partial charge in [0.1, 0.15) is 17.0 Å². The van der Waals surface area contributed by atoms with E-state index in [0.29, 0.717) is 17.5 Å². The molecule has 9 nitrogen and oxygen atoms in total. The Morgan fingerprint density at radius 1 is 1.17 bits per heavy atom. The summed E-state index contributed by atoms with van der Waals surface area (Å²) in [4.78, 5) is 30.4. The highest BCUT2D eigenvalue weighted by atomic mass is 32.1. The second-order valence-electron chi connectivity index (χ2n) is 6.85. The van der Waals surface area contributed by atoms with Crippen molar-refractivity contribution in [2.45, 2.75) is 13.8 Å². The van der Waals surface area contributed by atoms with Gasteiger partial charge in [-0.3, -0.25) is 20.0 Å². The van der Waals surface area contributed by atoms with E-state index >= 15 is 0 Å². The van der Waals surface area contributed by atoms with Gasteiger partial charge < -0.3 is 4.90 Å². The summed E-state index contributed by atoms with van der Waals surface area (Å²) in [5.41, 5.74) is 4.39. The first-order valence-electron chi connectivity index (χ1n) is 9.40. The summed E-state index contributed by atoms with van der Waals surface area (Å²) < 4.78 is 0. The molecule has 150 valence electrons. The fraction of sp³-hybridized carbons (Fsp3) is 0.368. The van der Waals surface area contributed by atoms with Crippen molar-refractivity contribution >= 4 is 28.2 Å². The van der Waals surface area contributed by atoms with Gasteiger partial charge in [0.2, 0.25) is 11.0 Å². The van der Waals surface area contributed by atoms with Crippen LogP contribution >= 0.6 is 11.3 Å². The lowest BCUT2D eigenvalue weighted by molar-refractivity contribution is -0.117. The van der Waals surface area contributed by atoms with E-state index < -0.39 is 0 Å². The summed E-state index contributed by atoms with van der Waals surface area (Å²) >= 11 is 1.31. The van der Waals surface area contributed by atoms with E-state index in [9.17, 15) is 4.79 Å². The Morgan fingerprint density at radius 3 is 2.69 bits per heavy atom. The molecule has 29 heavy (non-hydrogen) atoms. The molecule has 0 atom stereocenters. The number of amides is 1. The topological polar surface area (TPSA) is 100 Å². The van der Waals surface area contributed by atoms with Gasteiger partial charge in [0.05, 0.1) is 6.54 Å². The van der Waals surface area contributed by atoms with Crippen LogP contribution in [0.5, 0.6) is 0 Å². The average molecular weight is 411 g/mol. The molecule has 0 aromatic carbocycles. The molecule has 0 aliphatic carbocycles. The van der Waals surface area contributed by atoms with Gasteiger partial charge in [0, 0.05) is 43.6 Å². The molecule has 1 N–H and O–H groups in total. The molecule has 0 unspecified atom stereocenters. The highest BCUT2D eigenvalue weighted by molar-refractivity contribution is 7.13. The molecule has 3 aromatic heterocycles. The third-order valence-corrected chi connectivity index (χ3v) is 5.51. The van der Waals surface area contributed by atoms with Crippen LogP contribution in [0.1, 0.15) is 11.3 Å². The predicted octanol–water partition coefficient (Wildman–Crippen LogP) is 1.77. The van der Waals surface area contributed by atoms with Crippen LogP contribution in [0.25, 0.3) is 11.5 Å². The molecule has 4 heterocycles. The molecule has 4 rings (SSSR count). The molecule has 1 saturated heterocycles. The molecule has 0 radical (unpaired) electrons. The summed E-state index contributed by atoms with van der Waals surface area (Å²) in [7, 11) is 0. The second-order valence-corrected chi connectivity index (χ2v) is 7.68. The largest absolute Gasteiger partial charge is 0.354 e. The number of hydrogen-bond donors (Lipinski definition) is 1. The molecule has 1 aliphatic rings. The number of carbonyl (C=O) groups is 1. The minimum absolute atomic E-state index is 0.0679. The maximum atomic E-state index is 12.2. The predicted molar refractivity (Wildman–Crippen MR) is 112 cm³/mol. The Balaban J connectivity index is 1.42. The minimum atomic E-state index is -0.0679. The van der Waals surface area contributed by atoms with Crippen LogP contribution in [0.2, 0.25) is 0 Å². The maximum Gasteiger partial charge on any atom is 0.240 e. The monoisotopic (exact) mass is 410 g/mol. The highest BCUT2D eigenvalue weighted by Gasteiger charge is 2.23. The Hall–Kier alpha value is -2.98. The zero-order chi connectivity index (χ0) is 20.2. The number of hydrogen-bond acceptors (Lipinski definition) is 9. The van der Waals surface area contributed by atoms with Gasteiger partial charge in [0.15, 0.2) is 5.82 Å². The van der Waals surface area contributed by atoms with Gasteiger partial charge in [-0.05, 0) is 26.0 Å². The molecule has 10 heteroatoms. The molecule has 1 fully saturated rings. The fourth-order valence-electron chi connectivity index (χ4n) is 3.24. The van der Waals surface area contributed by atoms with Crippen LogP contribution in [0, 0.1) is 13.8 Å². The number of nitrogens with zero attached hydrogens (tertiary/aromatic N) is 7. The van der Waals surface area contributed by atoms with Gasteiger partial charge in [-0.15, -0.1) is 10.2 Å². The van der Waals surface area contributed by atoms with E-state index in [1.165, 1.54) is 11.3 Å². The van der Waals surface area contributed by atoms with E-state index in [0.717, 1.165) is 48.9 Å². The van der Waals surface area contributed by atoms with Crippen molar-refractivity contribution < 1.29 is 4.79 Å². The van der Waals surface area contributed by atoms with Crippen molar-refractivity contribution in [2.75, 3.05) is 42.9 Å². The van der Waals surface area contributed by atoms with E-state index in [4.69, 9.17) is 4.98 Å². The molecule has 3 aromatic rings. The summed E-state index contributed by atoms with van der Waals surface area (Å²) in [5, 5.41) is 10.9. The first kappa shape index (κ1) is 19.3. The van der Waals surface area contributed by atoms with Crippen molar-refractivity contribution in [2.24, 2.45) is 0 Å². The van der Waals surface area contributed by atoms with Crippen molar-refractivity contribution in [3.63, 3.8) is 0 Å². The number of aryl methyl sites for hydroxylation is 1. The van der Waals surface area contributed by atoms with Gasteiger partial charge >= 0.3 is 0 Å². The summed E-state index contributed by atoms with van der Waals surface area (Å²) in [6.45, 7) is 7.55. The van der Waals surface area contributed by atoms with E-state index in [-0.39, 0.29) is 5.91 Å². The summed E-state index contributed by atoms with van der Waals surface area (Å²) in [5.74, 6) is 1.51. The maximum absolute atomic E-state index is 12.2. The van der Waals surface area contributed by atoms with Crippen LogP contribution in [0.4, 0.5) is 10.9 Å². The molecule has 0 spiro atoms. The first-order valence-corrected chi connectivity index (χ1v) is 10.3. The number of anilines is 2. The van der Waals surface area contributed by atoms with Crippen LogP contribution < -0.4 is 10.2 Å². The molecular formula is C19H22N8OS. The minimum Gasteiger partial charge on any atom is -0.354 e. The van der Waals surface area contributed by atoms with Crippen molar-refractivity contribution in [3.05, 3.63) is 41.2 Å². The van der Waals surface area contributed by atoms with Crippen LogP contribution in [0.15, 0.2) is 29.9 Å². The lowest BCUT2D eigenvalue weighted by atomic mass is 10.2. The lowest BCUT2D eigenvalue weighted by Gasteiger charge is -2.35. The van der Waals surface area contributed by atoms with Crippen molar-refractivity contribution in [1.82, 2.24) is 30.0 Å². The summed E-state index contributed by atoms with van der Waals surface area (Å²) in [6.07, 6.45) is 1.75. The highest BCUT2D eigenvalue weighted by Crippen LogP contribution is 2.24. The van der Waals surface area contributed by atoms with Crippen LogP contribution in [-0.4, -0.2) is 68.7 Å². The third-order valence-electron chi connectivity index (χ3n) is 4.90. The van der Waals surface area contributed by atoms with Crippen molar-refractivity contribution in [3.8, 4) is 11.5 Å². The van der Waals surface area contributed by atoms with Crippen molar-refractivity contribution in [1.29, 1.82) is 0 Å². The van der Waals surface area contributed by atoms with Gasteiger partial charge in [-0.1, -0.05) is 17.4 Å². The first-order chi connectivity index (χ1) is 14.1. The fourth-order valence-corrected chi connectivity index (χ4v) is 3.70. The zero-order valence-electron chi connectivity index (χ0n) is 16.4. The number of pyridine rings is 1. The molecule has 1 aliphatic heterocycles. The SMILES string of the molecule is Cc1nc(-c2ccccn2)nc(N2CCN(CC(=O)Nc3nncs3)CC2)c1C. The van der Waals surface area contributed by atoms with Crippen LogP contribution in [0.3, 0.4) is 0 Å². The van der Waals surface area contributed by atoms with E-state index in [2.05, 4.69) is 42.2 Å². The van der Waals surface area contributed by atoms with E-state index in [1.54, 1.807) is 11.7 Å². The zero-order valence-corrected chi connectivity index (χ0v) is 17.2. The molecule has 0 saturated carbocycles. The number of carbonyl (C=O) groups excluding carboxylic acids is 1. The Labute approximate surface area is 172 Å². The Bertz CT molecular complexity index is 971. The Morgan fingerprint density at radius 2 is 2.00 bits per heavy atom. The molecular weight excluding hydrogens is 388 g/mol. The van der Waals surface area contributed by atoms with Gasteiger partial charge in [-0.2, -0.15) is 0 Å². The molecule has 1 amide bonds. The van der Waals surface area contributed by atoms with Gasteiger partial charge in [0.25, 0.3) is 0 Å².